The first-order valence-electron chi connectivity index (χ1n) is 7.76. The van der Waals surface area contributed by atoms with Crippen molar-refractivity contribution in [2.24, 2.45) is 0 Å². The van der Waals surface area contributed by atoms with Gasteiger partial charge in [-0.25, -0.2) is 0 Å². The standard InChI is InChI=1S/C21H16N.Ir/c1-12-7-8-13-14-5-4-6-16-18(14)19-17(21(16,2)3)9-10-22-20(19)15(13)11-12;/h4-10H,1-3H3;/q-1;. The number of aromatic nitrogens is 1. The second-order valence-corrected chi connectivity index (χ2v) is 6.87. The summed E-state index contributed by atoms with van der Waals surface area (Å²) >= 11 is 0. The van der Waals surface area contributed by atoms with Crippen LogP contribution in [0.15, 0.2) is 42.6 Å². The summed E-state index contributed by atoms with van der Waals surface area (Å²) < 4.78 is 0. The molecule has 3 aromatic carbocycles. The Hall–Kier alpha value is -1.76. The monoisotopic (exact) mass is 475 g/mol. The average molecular weight is 475 g/mol. The molecule has 0 fully saturated rings. The SMILES string of the molecule is Cc1[c-]c2c(cc1)c1cccc3c1c1c(ccnc21)C3(C)C.[Ir]. The molecular weight excluding hydrogens is 458 g/mol. The Morgan fingerprint density at radius 2 is 1.70 bits per heavy atom. The van der Waals surface area contributed by atoms with Crippen molar-refractivity contribution in [3.8, 4) is 0 Å². The van der Waals surface area contributed by atoms with Gasteiger partial charge in [-0.1, -0.05) is 49.7 Å². The molecule has 5 rings (SSSR count). The Morgan fingerprint density at radius 3 is 2.52 bits per heavy atom. The van der Waals surface area contributed by atoms with Crippen molar-refractivity contribution in [1.82, 2.24) is 4.98 Å². The van der Waals surface area contributed by atoms with Crippen LogP contribution in [0.4, 0.5) is 0 Å². The van der Waals surface area contributed by atoms with Crippen LogP contribution in [0, 0.1) is 13.0 Å². The third kappa shape index (κ3) is 1.68. The smallest absolute Gasteiger partial charge is 0.0164 e. The van der Waals surface area contributed by atoms with E-state index in [1.54, 1.807) is 0 Å². The zero-order valence-corrected chi connectivity index (χ0v) is 15.7. The topological polar surface area (TPSA) is 12.9 Å². The number of pyridine rings is 1. The third-order valence-corrected chi connectivity index (χ3v) is 5.23. The van der Waals surface area contributed by atoms with Crippen LogP contribution in [0.5, 0.6) is 0 Å². The number of rotatable bonds is 0. The number of fused-ring (bicyclic) bond motifs is 3. The third-order valence-electron chi connectivity index (χ3n) is 5.23. The fourth-order valence-electron chi connectivity index (χ4n) is 4.15. The first-order valence-corrected chi connectivity index (χ1v) is 7.76. The second kappa shape index (κ2) is 4.63. The van der Waals surface area contributed by atoms with Gasteiger partial charge in [0.2, 0.25) is 0 Å². The van der Waals surface area contributed by atoms with Crippen LogP contribution in [0.3, 0.4) is 0 Å². The van der Waals surface area contributed by atoms with E-state index in [1.165, 1.54) is 32.7 Å². The van der Waals surface area contributed by atoms with Crippen molar-refractivity contribution in [3.05, 3.63) is 65.4 Å². The summed E-state index contributed by atoms with van der Waals surface area (Å²) in [5.41, 5.74) is 5.10. The summed E-state index contributed by atoms with van der Waals surface area (Å²) in [4.78, 5) is 4.73. The predicted octanol–water partition coefficient (Wildman–Crippen LogP) is 5.29. The zero-order chi connectivity index (χ0) is 15.1. The first kappa shape index (κ1) is 14.8. The Labute approximate surface area is 149 Å². The molecule has 0 N–H and O–H groups in total. The fraction of sp³-hybridized carbons (Fsp3) is 0.190. The molecule has 0 bridgehead atoms. The summed E-state index contributed by atoms with van der Waals surface area (Å²) in [6.07, 6.45) is 1.95. The van der Waals surface area contributed by atoms with E-state index < -0.39 is 0 Å². The number of aryl methyl sites for hydroxylation is 1. The Balaban J connectivity index is 0.00000135. The minimum atomic E-state index is 0. The molecule has 1 aromatic heterocycles. The van der Waals surface area contributed by atoms with E-state index in [4.69, 9.17) is 4.98 Å². The Kier molecular flexibility index (Phi) is 2.98. The summed E-state index contributed by atoms with van der Waals surface area (Å²) in [7, 11) is 0. The molecule has 1 aliphatic carbocycles. The van der Waals surface area contributed by atoms with Crippen molar-refractivity contribution in [3.63, 3.8) is 0 Å². The molecule has 0 unspecified atom stereocenters. The van der Waals surface area contributed by atoms with Gasteiger partial charge in [0, 0.05) is 31.7 Å². The first-order chi connectivity index (χ1) is 10.6. The van der Waals surface area contributed by atoms with Gasteiger partial charge in [0.25, 0.3) is 0 Å². The van der Waals surface area contributed by atoms with Crippen molar-refractivity contribution in [2.75, 3.05) is 0 Å². The molecule has 0 amide bonds. The largest absolute Gasteiger partial charge is 0.304 e. The fourth-order valence-corrected chi connectivity index (χ4v) is 4.15. The van der Waals surface area contributed by atoms with Crippen molar-refractivity contribution < 1.29 is 20.1 Å². The van der Waals surface area contributed by atoms with Gasteiger partial charge in [0.15, 0.2) is 0 Å². The van der Waals surface area contributed by atoms with Gasteiger partial charge in [0.05, 0.1) is 0 Å². The number of hydrogen-bond donors (Lipinski definition) is 0. The maximum atomic E-state index is 4.73. The molecule has 2 heteroatoms. The number of hydrogen-bond acceptors (Lipinski definition) is 1. The van der Waals surface area contributed by atoms with Gasteiger partial charge in [-0.15, -0.1) is 29.1 Å². The molecule has 1 nitrogen and oxygen atoms in total. The van der Waals surface area contributed by atoms with E-state index in [0.29, 0.717) is 0 Å². The van der Waals surface area contributed by atoms with Crippen molar-refractivity contribution in [2.45, 2.75) is 26.2 Å². The summed E-state index contributed by atoms with van der Waals surface area (Å²) in [5, 5.41) is 6.45. The summed E-state index contributed by atoms with van der Waals surface area (Å²) in [5.74, 6) is 0. The van der Waals surface area contributed by atoms with E-state index in [2.05, 4.69) is 63.2 Å². The van der Waals surface area contributed by atoms with Gasteiger partial charge in [-0.05, 0) is 33.5 Å². The Morgan fingerprint density at radius 1 is 0.913 bits per heavy atom. The van der Waals surface area contributed by atoms with E-state index in [1.807, 2.05) is 6.20 Å². The van der Waals surface area contributed by atoms with E-state index in [9.17, 15) is 0 Å². The van der Waals surface area contributed by atoms with Crippen molar-refractivity contribution in [1.29, 1.82) is 0 Å². The predicted molar refractivity (Wildman–Crippen MR) is 92.5 cm³/mol. The van der Waals surface area contributed by atoms with Crippen molar-refractivity contribution >= 4 is 32.4 Å². The minimum Gasteiger partial charge on any atom is -0.304 e. The van der Waals surface area contributed by atoms with Crippen LogP contribution in [0.25, 0.3) is 32.4 Å². The molecule has 0 spiro atoms. The molecule has 1 radical (unpaired) electrons. The average Bonchev–Trinajstić information content (AvgIpc) is 2.76. The van der Waals surface area contributed by atoms with Crippen LogP contribution in [-0.2, 0) is 25.5 Å². The molecule has 0 atom stereocenters. The molecule has 23 heavy (non-hydrogen) atoms. The maximum absolute atomic E-state index is 4.73. The molecule has 4 aromatic rings. The molecular formula is C21H16IrN-. The van der Waals surface area contributed by atoms with E-state index in [0.717, 1.165) is 16.5 Å². The van der Waals surface area contributed by atoms with Crippen LogP contribution in [0.1, 0.15) is 30.5 Å². The molecule has 0 aliphatic heterocycles. The van der Waals surface area contributed by atoms with Gasteiger partial charge in [0.1, 0.15) is 0 Å². The molecule has 1 aliphatic rings. The minimum absolute atomic E-state index is 0. The van der Waals surface area contributed by atoms with Gasteiger partial charge < -0.3 is 4.98 Å². The van der Waals surface area contributed by atoms with Crippen LogP contribution in [-0.4, -0.2) is 4.98 Å². The molecule has 0 saturated heterocycles. The van der Waals surface area contributed by atoms with Gasteiger partial charge in [-0.2, -0.15) is 0 Å². The van der Waals surface area contributed by atoms with Crippen LogP contribution >= 0.6 is 0 Å². The van der Waals surface area contributed by atoms with E-state index in [-0.39, 0.29) is 25.5 Å². The second-order valence-electron chi connectivity index (χ2n) is 6.87. The summed E-state index contributed by atoms with van der Waals surface area (Å²) in [6.45, 7) is 6.73. The number of benzene rings is 3. The Bertz CT molecular complexity index is 1110. The van der Waals surface area contributed by atoms with Gasteiger partial charge in [-0.3, -0.25) is 0 Å². The quantitative estimate of drug-likeness (QED) is 0.249. The van der Waals surface area contributed by atoms with Crippen LogP contribution in [0.2, 0.25) is 0 Å². The number of nitrogens with zero attached hydrogens (tertiary/aromatic N) is 1. The van der Waals surface area contributed by atoms with Crippen LogP contribution < -0.4 is 0 Å². The molecule has 115 valence electrons. The molecule has 1 heterocycles. The zero-order valence-electron chi connectivity index (χ0n) is 13.3. The maximum Gasteiger partial charge on any atom is 0.0164 e. The van der Waals surface area contributed by atoms with Gasteiger partial charge >= 0.3 is 0 Å². The van der Waals surface area contributed by atoms with E-state index >= 15 is 0 Å². The summed E-state index contributed by atoms with van der Waals surface area (Å²) in [6, 6.07) is 16.8. The molecule has 0 saturated carbocycles. The normalized spacial score (nSPS) is 14.7.